The summed E-state index contributed by atoms with van der Waals surface area (Å²) in [6.45, 7) is 0. The van der Waals surface area contributed by atoms with E-state index < -0.39 is 0 Å². The summed E-state index contributed by atoms with van der Waals surface area (Å²) in [5.74, 6) is 1.26. The Balaban J connectivity index is 2.37. The Morgan fingerprint density at radius 2 is 2.29 bits per heavy atom. The number of thiol groups is 1. The molecule has 1 fully saturated rings. The van der Waals surface area contributed by atoms with Crippen LogP contribution in [0.1, 0.15) is 12.8 Å². The van der Waals surface area contributed by atoms with Crippen LogP contribution in [0.15, 0.2) is 4.40 Å². The van der Waals surface area contributed by atoms with E-state index in [1.165, 1.54) is 12.8 Å². The van der Waals surface area contributed by atoms with E-state index in [-0.39, 0.29) is 0 Å². The monoisotopic (exact) mass is 116 g/mol. The maximum atomic E-state index is 5.35. The Kier molecular flexibility index (Phi) is 1.23. The molecule has 0 aliphatic heterocycles. The fraction of sp³-hybridized carbons (Fsp3) is 0.750. The van der Waals surface area contributed by atoms with Crippen LogP contribution in [0.2, 0.25) is 0 Å². The summed E-state index contributed by atoms with van der Waals surface area (Å²) in [5, 5.41) is 0. The highest BCUT2D eigenvalue weighted by Gasteiger charge is 2.24. The molecule has 0 aromatic rings. The van der Waals surface area contributed by atoms with Crippen molar-refractivity contribution >= 4 is 18.7 Å². The Morgan fingerprint density at radius 3 is 2.43 bits per heavy atom. The second kappa shape index (κ2) is 1.74. The molecule has 0 amide bonds. The lowest BCUT2D eigenvalue weighted by Crippen LogP contribution is -2.11. The van der Waals surface area contributed by atoms with Gasteiger partial charge in [0.2, 0.25) is 0 Å². The number of rotatable bonds is 1. The van der Waals surface area contributed by atoms with Crippen molar-refractivity contribution in [2.45, 2.75) is 12.8 Å². The predicted molar refractivity (Wildman–Crippen MR) is 33.3 cm³/mol. The van der Waals surface area contributed by atoms with E-state index in [1.54, 1.807) is 0 Å². The average molecular weight is 116 g/mol. The van der Waals surface area contributed by atoms with Gasteiger partial charge in [-0.05, 0) is 25.7 Å². The first-order valence-corrected chi connectivity index (χ1v) is 2.72. The van der Waals surface area contributed by atoms with Gasteiger partial charge in [0.25, 0.3) is 0 Å². The third kappa shape index (κ3) is 1.09. The van der Waals surface area contributed by atoms with Crippen LogP contribution in [-0.4, -0.2) is 5.84 Å². The van der Waals surface area contributed by atoms with Gasteiger partial charge in [-0.15, -0.1) is 0 Å². The maximum Gasteiger partial charge on any atom is 0.110 e. The summed E-state index contributed by atoms with van der Waals surface area (Å²) in [5.41, 5.74) is 5.35. The predicted octanol–water partition coefficient (Wildman–Crippen LogP) is 0.598. The quantitative estimate of drug-likeness (QED) is 0.294. The molecule has 40 valence electrons. The molecular weight excluding hydrogens is 108 g/mol. The van der Waals surface area contributed by atoms with Gasteiger partial charge in [0.05, 0.1) is 0 Å². The van der Waals surface area contributed by atoms with Crippen molar-refractivity contribution < 1.29 is 0 Å². The lowest BCUT2D eigenvalue weighted by atomic mass is 10.4. The Labute approximate surface area is 48.4 Å². The van der Waals surface area contributed by atoms with E-state index in [0.29, 0.717) is 11.8 Å². The largest absolute Gasteiger partial charge is 0.386 e. The van der Waals surface area contributed by atoms with Gasteiger partial charge in [0, 0.05) is 5.92 Å². The summed E-state index contributed by atoms with van der Waals surface area (Å²) >= 11 is 3.66. The van der Waals surface area contributed by atoms with Crippen LogP contribution >= 0.6 is 12.8 Å². The van der Waals surface area contributed by atoms with E-state index in [1.807, 2.05) is 0 Å². The number of nitrogens with zero attached hydrogens (tertiary/aromatic N) is 1. The molecule has 0 saturated heterocycles. The molecule has 0 unspecified atom stereocenters. The van der Waals surface area contributed by atoms with Gasteiger partial charge in [-0.3, -0.25) is 0 Å². The van der Waals surface area contributed by atoms with Crippen LogP contribution in [0.4, 0.5) is 0 Å². The highest BCUT2D eigenvalue weighted by atomic mass is 32.1. The van der Waals surface area contributed by atoms with Crippen molar-refractivity contribution in [1.82, 2.24) is 0 Å². The van der Waals surface area contributed by atoms with Crippen LogP contribution in [-0.2, 0) is 0 Å². The molecule has 2 nitrogen and oxygen atoms in total. The zero-order valence-electron chi connectivity index (χ0n) is 3.96. The number of hydrogen-bond acceptors (Lipinski definition) is 2. The van der Waals surface area contributed by atoms with Crippen molar-refractivity contribution in [3.05, 3.63) is 0 Å². The molecule has 0 heterocycles. The fourth-order valence-electron chi connectivity index (χ4n) is 0.461. The van der Waals surface area contributed by atoms with Gasteiger partial charge < -0.3 is 5.73 Å². The van der Waals surface area contributed by atoms with Gasteiger partial charge >= 0.3 is 0 Å². The first-order chi connectivity index (χ1) is 3.34. The molecule has 0 aromatic heterocycles. The van der Waals surface area contributed by atoms with E-state index >= 15 is 0 Å². The first kappa shape index (κ1) is 4.97. The molecule has 3 heteroatoms. The molecule has 0 aromatic carbocycles. The molecule has 1 aliphatic carbocycles. The standard InChI is InChI=1S/C4H8N2S/c5-4(6-7)3-1-2-3/h3,7H,1-2H2,(H2,5,6). The average Bonchev–Trinajstić information content (AvgIpc) is 2.44. The first-order valence-electron chi connectivity index (χ1n) is 2.32. The topological polar surface area (TPSA) is 38.4 Å². The summed E-state index contributed by atoms with van der Waals surface area (Å²) in [6, 6.07) is 0. The molecule has 7 heavy (non-hydrogen) atoms. The zero-order chi connectivity index (χ0) is 5.28. The Morgan fingerprint density at radius 1 is 1.71 bits per heavy atom. The molecule has 0 bridgehead atoms. The number of hydrogen-bond donors (Lipinski definition) is 2. The lowest BCUT2D eigenvalue weighted by Gasteiger charge is -1.87. The van der Waals surface area contributed by atoms with Crippen molar-refractivity contribution in [1.29, 1.82) is 0 Å². The number of nitrogens with two attached hydrogens (primary N) is 1. The van der Waals surface area contributed by atoms with Gasteiger partial charge in [0.15, 0.2) is 0 Å². The molecule has 1 saturated carbocycles. The Hall–Kier alpha value is -0.180. The minimum absolute atomic E-state index is 0.567. The Bertz CT molecular complexity index is 95.9. The highest BCUT2D eigenvalue weighted by Crippen LogP contribution is 2.28. The van der Waals surface area contributed by atoms with Gasteiger partial charge in [0.1, 0.15) is 5.84 Å². The second-order valence-electron chi connectivity index (χ2n) is 1.80. The van der Waals surface area contributed by atoms with Crippen LogP contribution in [0, 0.1) is 5.92 Å². The molecular formula is C4H8N2S. The number of amidine groups is 1. The van der Waals surface area contributed by atoms with Crippen molar-refractivity contribution in [3.63, 3.8) is 0 Å². The van der Waals surface area contributed by atoms with Gasteiger partial charge in [-0.1, -0.05) is 0 Å². The van der Waals surface area contributed by atoms with Crippen LogP contribution in [0.5, 0.6) is 0 Å². The van der Waals surface area contributed by atoms with E-state index in [2.05, 4.69) is 17.2 Å². The van der Waals surface area contributed by atoms with E-state index in [0.717, 1.165) is 0 Å². The van der Waals surface area contributed by atoms with E-state index in [9.17, 15) is 0 Å². The molecule has 2 N–H and O–H groups in total. The molecule has 0 atom stereocenters. The van der Waals surface area contributed by atoms with Crippen molar-refractivity contribution in [3.8, 4) is 0 Å². The lowest BCUT2D eigenvalue weighted by molar-refractivity contribution is 1.17. The summed E-state index contributed by atoms with van der Waals surface area (Å²) in [6.07, 6.45) is 2.41. The smallest absolute Gasteiger partial charge is 0.110 e. The van der Waals surface area contributed by atoms with E-state index in [4.69, 9.17) is 5.73 Å². The van der Waals surface area contributed by atoms with Crippen molar-refractivity contribution in [2.75, 3.05) is 0 Å². The van der Waals surface area contributed by atoms with Gasteiger partial charge in [-0.25, -0.2) is 4.40 Å². The minimum atomic E-state index is 0.567. The summed E-state index contributed by atoms with van der Waals surface area (Å²) in [4.78, 5) is 0. The molecule has 0 spiro atoms. The zero-order valence-corrected chi connectivity index (χ0v) is 4.86. The normalized spacial score (nSPS) is 22.7. The molecule has 1 rings (SSSR count). The van der Waals surface area contributed by atoms with Crippen LogP contribution in [0.3, 0.4) is 0 Å². The third-order valence-corrected chi connectivity index (χ3v) is 1.34. The molecule has 0 radical (unpaired) electrons. The second-order valence-corrected chi connectivity index (χ2v) is 2.00. The molecule has 1 aliphatic rings. The summed E-state index contributed by atoms with van der Waals surface area (Å²) < 4.78 is 3.54. The summed E-state index contributed by atoms with van der Waals surface area (Å²) in [7, 11) is 0. The minimum Gasteiger partial charge on any atom is -0.386 e. The maximum absolute atomic E-state index is 5.35. The third-order valence-electron chi connectivity index (χ3n) is 1.11. The van der Waals surface area contributed by atoms with Gasteiger partial charge in [-0.2, -0.15) is 0 Å². The van der Waals surface area contributed by atoms with Crippen LogP contribution in [0.25, 0.3) is 0 Å². The highest BCUT2D eigenvalue weighted by molar-refractivity contribution is 7.79. The fourth-order valence-corrected chi connectivity index (χ4v) is 0.624. The van der Waals surface area contributed by atoms with Crippen LogP contribution < -0.4 is 5.73 Å². The van der Waals surface area contributed by atoms with Crippen molar-refractivity contribution in [2.24, 2.45) is 16.0 Å². The SMILES string of the molecule is NC(=NS)C1CC1.